The molecule has 1 aliphatic rings. The summed E-state index contributed by atoms with van der Waals surface area (Å²) in [6, 6.07) is 14.6. The second-order valence-electron chi connectivity index (χ2n) is 6.96. The van der Waals surface area contributed by atoms with E-state index in [1.807, 2.05) is 25.1 Å². The number of nitrogens with one attached hydrogen (secondary N) is 2. The van der Waals surface area contributed by atoms with E-state index in [1.165, 1.54) is 24.3 Å². The van der Waals surface area contributed by atoms with Crippen molar-refractivity contribution in [1.29, 1.82) is 0 Å². The highest BCUT2D eigenvalue weighted by atomic mass is 19.1. The number of nitrogens with zero attached hydrogens (tertiary/aromatic N) is 3. The summed E-state index contributed by atoms with van der Waals surface area (Å²) in [5.74, 6) is 0.715. The third-order valence-corrected chi connectivity index (χ3v) is 4.66. The Hall–Kier alpha value is -3.52. The first kappa shape index (κ1) is 19.8. The van der Waals surface area contributed by atoms with Gasteiger partial charge in [0, 0.05) is 41.8 Å². The first-order chi connectivity index (χ1) is 14.6. The molecule has 1 aromatic heterocycles. The summed E-state index contributed by atoms with van der Waals surface area (Å²) in [4.78, 5) is 23.5. The maximum absolute atomic E-state index is 13.0. The van der Waals surface area contributed by atoms with Crippen LogP contribution in [0.3, 0.4) is 0 Å². The predicted molar refractivity (Wildman–Crippen MR) is 114 cm³/mol. The van der Waals surface area contributed by atoms with Crippen molar-refractivity contribution >= 4 is 29.0 Å². The SMILES string of the molecule is Cc1cc(Nc2ccc(NC(=O)c3ccc(F)cc3)cc2)nc(N2CCOCC2)n1. The highest BCUT2D eigenvalue weighted by molar-refractivity contribution is 6.04. The first-order valence-corrected chi connectivity index (χ1v) is 9.69. The van der Waals surface area contributed by atoms with Crippen LogP contribution in [0.2, 0.25) is 0 Å². The number of hydrogen-bond donors (Lipinski definition) is 2. The number of ether oxygens (including phenoxy) is 1. The Bertz CT molecular complexity index is 1020. The summed E-state index contributed by atoms with van der Waals surface area (Å²) < 4.78 is 18.4. The van der Waals surface area contributed by atoms with Crippen molar-refractivity contribution in [1.82, 2.24) is 9.97 Å². The molecular weight excluding hydrogens is 385 g/mol. The summed E-state index contributed by atoms with van der Waals surface area (Å²) in [6.07, 6.45) is 0. The second kappa shape index (κ2) is 8.87. The minimum atomic E-state index is -0.376. The molecule has 8 heteroatoms. The van der Waals surface area contributed by atoms with Crippen molar-refractivity contribution in [3.05, 3.63) is 71.7 Å². The molecule has 2 heterocycles. The molecule has 0 atom stereocenters. The Morgan fingerprint density at radius 1 is 1.00 bits per heavy atom. The van der Waals surface area contributed by atoms with E-state index in [0.717, 1.165) is 24.5 Å². The van der Waals surface area contributed by atoms with Crippen LogP contribution in [-0.2, 0) is 4.74 Å². The van der Waals surface area contributed by atoms with Gasteiger partial charge in [-0.2, -0.15) is 4.98 Å². The Balaban J connectivity index is 1.42. The smallest absolute Gasteiger partial charge is 0.255 e. The summed E-state index contributed by atoms with van der Waals surface area (Å²) in [5.41, 5.74) is 2.74. The monoisotopic (exact) mass is 407 g/mol. The van der Waals surface area contributed by atoms with Crippen molar-refractivity contribution < 1.29 is 13.9 Å². The van der Waals surface area contributed by atoms with Crippen LogP contribution in [0.25, 0.3) is 0 Å². The molecule has 0 bridgehead atoms. The maximum atomic E-state index is 13.0. The normalized spacial score (nSPS) is 13.7. The average molecular weight is 407 g/mol. The van der Waals surface area contributed by atoms with Crippen LogP contribution in [0.4, 0.5) is 27.5 Å². The third-order valence-electron chi connectivity index (χ3n) is 4.66. The quantitative estimate of drug-likeness (QED) is 0.671. The third kappa shape index (κ3) is 4.90. The number of anilines is 4. The molecule has 3 aromatic rings. The number of rotatable bonds is 5. The van der Waals surface area contributed by atoms with Crippen LogP contribution < -0.4 is 15.5 Å². The Morgan fingerprint density at radius 3 is 2.37 bits per heavy atom. The molecule has 0 saturated carbocycles. The van der Waals surface area contributed by atoms with Crippen molar-refractivity contribution in [2.75, 3.05) is 41.8 Å². The highest BCUT2D eigenvalue weighted by Crippen LogP contribution is 2.21. The fourth-order valence-corrected chi connectivity index (χ4v) is 3.11. The van der Waals surface area contributed by atoms with E-state index in [4.69, 9.17) is 4.74 Å². The van der Waals surface area contributed by atoms with Gasteiger partial charge in [0.2, 0.25) is 5.95 Å². The van der Waals surface area contributed by atoms with Crippen LogP contribution >= 0.6 is 0 Å². The maximum Gasteiger partial charge on any atom is 0.255 e. The van der Waals surface area contributed by atoms with Gasteiger partial charge < -0.3 is 20.3 Å². The van der Waals surface area contributed by atoms with Crippen LogP contribution in [-0.4, -0.2) is 42.2 Å². The molecule has 1 fully saturated rings. The van der Waals surface area contributed by atoms with Crippen LogP contribution in [0, 0.1) is 12.7 Å². The lowest BCUT2D eigenvalue weighted by Crippen LogP contribution is -2.37. The van der Waals surface area contributed by atoms with E-state index >= 15 is 0 Å². The van der Waals surface area contributed by atoms with E-state index in [2.05, 4.69) is 25.5 Å². The lowest BCUT2D eigenvalue weighted by molar-refractivity contribution is 0.102. The molecular formula is C22H22FN5O2. The number of amides is 1. The number of aryl methyl sites for hydroxylation is 1. The Labute approximate surface area is 173 Å². The summed E-state index contributed by atoms with van der Waals surface area (Å²) in [7, 11) is 0. The number of benzene rings is 2. The molecule has 2 N–H and O–H groups in total. The second-order valence-corrected chi connectivity index (χ2v) is 6.96. The van der Waals surface area contributed by atoms with E-state index in [-0.39, 0.29) is 11.7 Å². The number of morpholine rings is 1. The topological polar surface area (TPSA) is 79.4 Å². The summed E-state index contributed by atoms with van der Waals surface area (Å²) >= 11 is 0. The van der Waals surface area contributed by atoms with Crippen molar-refractivity contribution in [3.63, 3.8) is 0 Å². The zero-order valence-corrected chi connectivity index (χ0v) is 16.6. The molecule has 2 aromatic carbocycles. The van der Waals surface area contributed by atoms with Crippen molar-refractivity contribution in [2.45, 2.75) is 6.92 Å². The summed E-state index contributed by atoms with van der Waals surface area (Å²) in [5, 5.41) is 6.08. The molecule has 1 aliphatic heterocycles. The minimum absolute atomic E-state index is 0.294. The number of hydrogen-bond acceptors (Lipinski definition) is 6. The zero-order valence-electron chi connectivity index (χ0n) is 16.6. The number of halogens is 1. The molecule has 7 nitrogen and oxygen atoms in total. The molecule has 0 unspecified atom stereocenters. The molecule has 0 aliphatic carbocycles. The fourth-order valence-electron chi connectivity index (χ4n) is 3.11. The van der Waals surface area contributed by atoms with Gasteiger partial charge >= 0.3 is 0 Å². The highest BCUT2D eigenvalue weighted by Gasteiger charge is 2.15. The molecule has 0 spiro atoms. The van der Waals surface area contributed by atoms with Crippen molar-refractivity contribution in [2.24, 2.45) is 0 Å². The van der Waals surface area contributed by atoms with E-state index in [0.29, 0.717) is 36.2 Å². The van der Waals surface area contributed by atoms with Crippen LogP contribution in [0.5, 0.6) is 0 Å². The van der Waals surface area contributed by atoms with Gasteiger partial charge in [0.25, 0.3) is 5.91 Å². The van der Waals surface area contributed by atoms with Gasteiger partial charge in [0.1, 0.15) is 11.6 Å². The number of carbonyl (C=O) groups is 1. The zero-order chi connectivity index (χ0) is 20.9. The van der Waals surface area contributed by atoms with Crippen molar-refractivity contribution in [3.8, 4) is 0 Å². The predicted octanol–water partition coefficient (Wildman–Crippen LogP) is 3.76. The van der Waals surface area contributed by atoms with Gasteiger partial charge in [-0.1, -0.05) is 0 Å². The summed E-state index contributed by atoms with van der Waals surface area (Å²) in [6.45, 7) is 4.82. The van der Waals surface area contributed by atoms with Crippen LogP contribution in [0.15, 0.2) is 54.6 Å². The Morgan fingerprint density at radius 2 is 1.67 bits per heavy atom. The molecule has 30 heavy (non-hydrogen) atoms. The van der Waals surface area contributed by atoms with Gasteiger partial charge in [0.15, 0.2) is 0 Å². The lowest BCUT2D eigenvalue weighted by atomic mass is 10.2. The standard InChI is InChI=1S/C22H22FN5O2/c1-15-14-20(27-22(24-15)28-10-12-30-13-11-28)25-18-6-8-19(9-7-18)26-21(29)16-2-4-17(23)5-3-16/h2-9,14H,10-13H2,1H3,(H,26,29)(H,24,25,27). The minimum Gasteiger partial charge on any atom is -0.378 e. The van der Waals surface area contributed by atoms with Gasteiger partial charge in [-0.3, -0.25) is 4.79 Å². The number of carbonyl (C=O) groups excluding carboxylic acids is 1. The molecule has 154 valence electrons. The van der Waals surface area contributed by atoms with Gasteiger partial charge in [-0.05, 0) is 55.5 Å². The average Bonchev–Trinajstić information content (AvgIpc) is 2.76. The van der Waals surface area contributed by atoms with Gasteiger partial charge in [-0.25, -0.2) is 9.37 Å². The number of aromatic nitrogens is 2. The molecule has 1 saturated heterocycles. The van der Waals surface area contributed by atoms with E-state index in [9.17, 15) is 9.18 Å². The van der Waals surface area contributed by atoms with Gasteiger partial charge in [-0.15, -0.1) is 0 Å². The molecule has 1 amide bonds. The molecule has 4 rings (SSSR count). The van der Waals surface area contributed by atoms with E-state index in [1.54, 1.807) is 12.1 Å². The fraction of sp³-hybridized carbons (Fsp3) is 0.227. The Kier molecular flexibility index (Phi) is 5.85. The molecule has 0 radical (unpaired) electrons. The first-order valence-electron chi connectivity index (χ1n) is 9.69. The largest absolute Gasteiger partial charge is 0.378 e. The lowest BCUT2D eigenvalue weighted by Gasteiger charge is -2.27. The van der Waals surface area contributed by atoms with Gasteiger partial charge in [0.05, 0.1) is 13.2 Å². The van der Waals surface area contributed by atoms with Crippen LogP contribution in [0.1, 0.15) is 16.1 Å². The van der Waals surface area contributed by atoms with E-state index < -0.39 is 0 Å².